The van der Waals surface area contributed by atoms with E-state index in [1.807, 2.05) is 0 Å². The topological polar surface area (TPSA) is 48.4 Å². The molecule has 19 heavy (non-hydrogen) atoms. The molecule has 0 bridgehead atoms. The molecule has 0 aliphatic heterocycles. The van der Waals surface area contributed by atoms with Gasteiger partial charge in [-0.15, -0.1) is 13.2 Å². The summed E-state index contributed by atoms with van der Waals surface area (Å²) in [7, 11) is 0. The van der Waals surface area contributed by atoms with Crippen LogP contribution in [-0.4, -0.2) is 23.9 Å². The van der Waals surface area contributed by atoms with E-state index in [4.69, 9.17) is 4.74 Å². The van der Waals surface area contributed by atoms with Crippen molar-refractivity contribution in [1.29, 1.82) is 0 Å². The standard InChI is InChI=1S/C11H11F3INO3/c1-3-18-9(17)5-7-4-8(19-11(12,13)14)6(2)10(15)16-7/h4H,3,5H2,1-2H3. The first-order valence-electron chi connectivity index (χ1n) is 5.30. The smallest absolute Gasteiger partial charge is 0.466 e. The Morgan fingerprint density at radius 3 is 2.63 bits per heavy atom. The molecular weight excluding hydrogens is 378 g/mol. The average Bonchev–Trinajstić information content (AvgIpc) is 2.23. The van der Waals surface area contributed by atoms with Crippen LogP contribution in [0.4, 0.5) is 13.2 Å². The SMILES string of the molecule is CCOC(=O)Cc1cc(OC(F)(F)F)c(C)c(I)n1. The number of pyridine rings is 1. The van der Waals surface area contributed by atoms with Gasteiger partial charge in [0.15, 0.2) is 0 Å². The van der Waals surface area contributed by atoms with E-state index in [0.717, 1.165) is 6.07 Å². The molecule has 0 unspecified atom stereocenters. The minimum absolute atomic E-state index is 0.174. The quantitative estimate of drug-likeness (QED) is 0.452. The number of nitrogens with zero attached hydrogens (tertiary/aromatic N) is 1. The van der Waals surface area contributed by atoms with Crippen molar-refractivity contribution in [3.05, 3.63) is 21.0 Å². The predicted octanol–water partition coefficient (Wildman–Crippen LogP) is 3.00. The second kappa shape index (κ2) is 6.40. The van der Waals surface area contributed by atoms with Gasteiger partial charge >= 0.3 is 12.3 Å². The van der Waals surface area contributed by atoms with Crippen LogP contribution in [0.3, 0.4) is 0 Å². The van der Waals surface area contributed by atoms with E-state index >= 15 is 0 Å². The number of halogens is 4. The minimum Gasteiger partial charge on any atom is -0.466 e. The van der Waals surface area contributed by atoms with Gasteiger partial charge in [-0.3, -0.25) is 4.79 Å². The molecule has 0 radical (unpaired) electrons. The maximum absolute atomic E-state index is 12.2. The van der Waals surface area contributed by atoms with Crippen LogP contribution in [-0.2, 0) is 16.0 Å². The Labute approximate surface area is 121 Å². The monoisotopic (exact) mass is 389 g/mol. The van der Waals surface area contributed by atoms with Crippen molar-refractivity contribution in [2.24, 2.45) is 0 Å². The first-order valence-corrected chi connectivity index (χ1v) is 6.38. The molecule has 0 spiro atoms. The molecule has 1 heterocycles. The fraction of sp³-hybridized carbons (Fsp3) is 0.455. The third-order valence-corrected chi connectivity index (χ3v) is 3.13. The molecule has 0 aliphatic rings. The number of ether oxygens (including phenoxy) is 2. The Kier molecular flexibility index (Phi) is 5.39. The van der Waals surface area contributed by atoms with Crippen molar-refractivity contribution in [2.45, 2.75) is 26.6 Å². The van der Waals surface area contributed by atoms with Gasteiger partial charge in [0.2, 0.25) is 0 Å². The van der Waals surface area contributed by atoms with E-state index in [-0.39, 0.29) is 30.0 Å². The lowest BCUT2D eigenvalue weighted by atomic mass is 10.2. The number of hydrogen-bond acceptors (Lipinski definition) is 4. The van der Waals surface area contributed by atoms with Crippen LogP contribution in [0.1, 0.15) is 18.2 Å². The highest BCUT2D eigenvalue weighted by atomic mass is 127. The zero-order valence-electron chi connectivity index (χ0n) is 10.2. The lowest BCUT2D eigenvalue weighted by Gasteiger charge is -2.13. The molecule has 0 aliphatic carbocycles. The van der Waals surface area contributed by atoms with Crippen LogP contribution < -0.4 is 4.74 Å². The molecule has 1 aromatic rings. The lowest BCUT2D eigenvalue weighted by Crippen LogP contribution is -2.19. The summed E-state index contributed by atoms with van der Waals surface area (Å²) in [5.74, 6) is -0.904. The van der Waals surface area contributed by atoms with Gasteiger partial charge in [-0.2, -0.15) is 0 Å². The summed E-state index contributed by atoms with van der Waals surface area (Å²) in [5.41, 5.74) is 0.443. The van der Waals surface area contributed by atoms with Crippen LogP contribution in [0.25, 0.3) is 0 Å². The summed E-state index contributed by atoms with van der Waals surface area (Å²) in [6, 6.07) is 1.10. The van der Waals surface area contributed by atoms with Gasteiger partial charge in [-0.25, -0.2) is 4.98 Å². The van der Waals surface area contributed by atoms with E-state index in [1.165, 1.54) is 6.92 Å². The zero-order chi connectivity index (χ0) is 14.6. The largest absolute Gasteiger partial charge is 0.573 e. The Hall–Kier alpha value is -1.06. The summed E-state index contributed by atoms with van der Waals surface area (Å²) >= 11 is 1.78. The highest BCUT2D eigenvalue weighted by molar-refractivity contribution is 14.1. The molecule has 0 amide bonds. The Morgan fingerprint density at radius 2 is 2.11 bits per heavy atom. The molecule has 8 heteroatoms. The maximum Gasteiger partial charge on any atom is 0.573 e. The van der Waals surface area contributed by atoms with Gasteiger partial charge in [-0.1, -0.05) is 0 Å². The third kappa shape index (κ3) is 5.21. The van der Waals surface area contributed by atoms with Gasteiger partial charge in [0, 0.05) is 11.6 Å². The Balaban J connectivity index is 2.99. The molecule has 0 atom stereocenters. The van der Waals surface area contributed by atoms with Crippen LogP contribution in [0, 0.1) is 10.6 Å². The second-order valence-electron chi connectivity index (χ2n) is 3.56. The van der Waals surface area contributed by atoms with Crippen molar-refractivity contribution in [3.8, 4) is 5.75 Å². The van der Waals surface area contributed by atoms with Crippen molar-refractivity contribution < 1.29 is 27.4 Å². The fourth-order valence-corrected chi connectivity index (χ4v) is 1.86. The number of esters is 1. The highest BCUT2D eigenvalue weighted by Gasteiger charge is 2.32. The summed E-state index contributed by atoms with van der Waals surface area (Å²) in [5, 5.41) is 0. The highest BCUT2D eigenvalue weighted by Crippen LogP contribution is 2.29. The van der Waals surface area contributed by atoms with Crippen molar-refractivity contribution in [2.75, 3.05) is 6.61 Å². The Morgan fingerprint density at radius 1 is 1.47 bits per heavy atom. The molecule has 1 aromatic heterocycles. The van der Waals surface area contributed by atoms with Crippen LogP contribution in [0.15, 0.2) is 6.07 Å². The Bertz CT molecular complexity index is 477. The van der Waals surface area contributed by atoms with Gasteiger partial charge in [-0.05, 0) is 36.4 Å². The van der Waals surface area contributed by atoms with Crippen LogP contribution in [0.5, 0.6) is 5.75 Å². The fourth-order valence-electron chi connectivity index (χ4n) is 1.28. The maximum atomic E-state index is 12.2. The first-order chi connectivity index (χ1) is 8.73. The van der Waals surface area contributed by atoms with E-state index in [0.29, 0.717) is 3.70 Å². The number of carbonyl (C=O) groups excluding carboxylic acids is 1. The second-order valence-corrected chi connectivity index (χ2v) is 4.58. The molecule has 106 valence electrons. The van der Waals surface area contributed by atoms with Gasteiger partial charge in [0.05, 0.1) is 18.7 Å². The van der Waals surface area contributed by atoms with Crippen LogP contribution in [0.2, 0.25) is 0 Å². The van der Waals surface area contributed by atoms with Crippen molar-refractivity contribution >= 4 is 28.6 Å². The number of rotatable bonds is 4. The molecular formula is C11H11F3INO3. The lowest BCUT2D eigenvalue weighted by molar-refractivity contribution is -0.274. The first kappa shape index (κ1) is 16.0. The van der Waals surface area contributed by atoms with Crippen molar-refractivity contribution in [1.82, 2.24) is 4.98 Å². The van der Waals surface area contributed by atoms with E-state index in [9.17, 15) is 18.0 Å². The average molecular weight is 389 g/mol. The molecule has 0 fully saturated rings. The molecule has 0 aromatic carbocycles. The molecule has 0 N–H and O–H groups in total. The zero-order valence-corrected chi connectivity index (χ0v) is 12.3. The van der Waals surface area contributed by atoms with Gasteiger partial charge in [0.25, 0.3) is 0 Å². The van der Waals surface area contributed by atoms with Gasteiger partial charge in [0.1, 0.15) is 9.45 Å². The molecule has 0 saturated carbocycles. The number of carbonyl (C=O) groups is 1. The molecule has 4 nitrogen and oxygen atoms in total. The van der Waals surface area contributed by atoms with E-state index in [2.05, 4.69) is 9.72 Å². The summed E-state index contributed by atoms with van der Waals surface area (Å²) in [6.45, 7) is 3.31. The molecule has 0 saturated heterocycles. The third-order valence-electron chi connectivity index (χ3n) is 2.07. The van der Waals surface area contributed by atoms with E-state index < -0.39 is 12.3 Å². The normalized spacial score (nSPS) is 11.3. The van der Waals surface area contributed by atoms with Crippen LogP contribution >= 0.6 is 22.6 Å². The summed E-state index contributed by atoms with van der Waals surface area (Å²) in [6.07, 6.45) is -4.98. The minimum atomic E-state index is -4.78. The number of hydrogen-bond donors (Lipinski definition) is 0. The summed E-state index contributed by atoms with van der Waals surface area (Å²) in [4.78, 5) is 15.3. The number of alkyl halides is 3. The van der Waals surface area contributed by atoms with Crippen molar-refractivity contribution in [3.63, 3.8) is 0 Å². The predicted molar refractivity (Wildman–Crippen MR) is 68.7 cm³/mol. The number of aromatic nitrogens is 1. The van der Waals surface area contributed by atoms with Gasteiger partial charge < -0.3 is 9.47 Å². The van der Waals surface area contributed by atoms with E-state index in [1.54, 1.807) is 29.5 Å². The summed E-state index contributed by atoms with van der Waals surface area (Å²) < 4.78 is 45.7. The molecule has 1 rings (SSSR count).